The molecule has 0 aliphatic carbocycles. The minimum Gasteiger partial charge on any atom is -0.481 e. The van der Waals surface area contributed by atoms with Gasteiger partial charge in [0.2, 0.25) is 0 Å². The van der Waals surface area contributed by atoms with Gasteiger partial charge in [-0.3, -0.25) is 9.59 Å². The molecule has 0 radical (unpaired) electrons. The Hall–Kier alpha value is -1.91. The van der Waals surface area contributed by atoms with Gasteiger partial charge in [-0.15, -0.1) is 0 Å². The van der Waals surface area contributed by atoms with Gasteiger partial charge in [-0.05, 0) is 38.0 Å². The van der Waals surface area contributed by atoms with Crippen molar-refractivity contribution in [2.75, 3.05) is 18.0 Å². The third-order valence-corrected chi connectivity index (χ3v) is 3.54. The van der Waals surface area contributed by atoms with Crippen LogP contribution < -0.4 is 4.90 Å². The first-order valence-electron chi connectivity index (χ1n) is 6.27. The van der Waals surface area contributed by atoms with Crippen molar-refractivity contribution < 1.29 is 19.1 Å². The quantitative estimate of drug-likeness (QED) is 0.852. The van der Waals surface area contributed by atoms with Gasteiger partial charge >= 0.3 is 5.97 Å². The number of hydrogen-bond donors (Lipinski definition) is 1. The number of halogens is 1. The van der Waals surface area contributed by atoms with Crippen LogP contribution in [0.1, 0.15) is 30.1 Å². The number of nitrogens with zero attached hydrogens (tertiary/aromatic N) is 1. The summed E-state index contributed by atoms with van der Waals surface area (Å²) in [5.41, 5.74) is 0.855. The van der Waals surface area contributed by atoms with Gasteiger partial charge in [0.15, 0.2) is 5.78 Å². The van der Waals surface area contributed by atoms with Gasteiger partial charge in [-0.25, -0.2) is 4.39 Å². The summed E-state index contributed by atoms with van der Waals surface area (Å²) in [5.74, 6) is -1.63. The molecule has 1 aromatic rings. The minimum absolute atomic E-state index is 0.110. The highest BCUT2D eigenvalue weighted by Gasteiger charge is 2.26. The number of ketones is 1. The van der Waals surface area contributed by atoms with Gasteiger partial charge < -0.3 is 10.0 Å². The number of benzene rings is 1. The van der Waals surface area contributed by atoms with Crippen LogP contribution in [0.2, 0.25) is 0 Å². The second kappa shape index (κ2) is 5.38. The average molecular weight is 265 g/mol. The molecule has 0 aromatic heterocycles. The van der Waals surface area contributed by atoms with Crippen molar-refractivity contribution >= 4 is 17.4 Å². The molecule has 1 fully saturated rings. The van der Waals surface area contributed by atoms with Crippen molar-refractivity contribution in [3.63, 3.8) is 0 Å². The molecular formula is C14H16FNO3. The molecule has 2 rings (SSSR count). The summed E-state index contributed by atoms with van der Waals surface area (Å²) < 4.78 is 13.8. The first-order valence-corrected chi connectivity index (χ1v) is 6.27. The fourth-order valence-corrected chi connectivity index (χ4v) is 2.34. The highest BCUT2D eigenvalue weighted by molar-refractivity contribution is 5.95. The Kier molecular flexibility index (Phi) is 3.83. The molecule has 0 amide bonds. The summed E-state index contributed by atoms with van der Waals surface area (Å²) in [7, 11) is 0. The predicted molar refractivity (Wildman–Crippen MR) is 69.0 cm³/mol. The lowest BCUT2D eigenvalue weighted by Crippen LogP contribution is -2.36. The maximum atomic E-state index is 13.8. The van der Waals surface area contributed by atoms with E-state index in [0.29, 0.717) is 37.2 Å². The number of Topliss-reactive ketones (excluding diaryl/α,β-unsaturated/α-hetero) is 1. The maximum absolute atomic E-state index is 13.8. The molecule has 1 saturated heterocycles. The van der Waals surface area contributed by atoms with Crippen LogP contribution in [0, 0.1) is 11.7 Å². The van der Waals surface area contributed by atoms with Crippen LogP contribution in [-0.4, -0.2) is 29.9 Å². The first-order chi connectivity index (χ1) is 8.99. The van der Waals surface area contributed by atoms with E-state index in [0.717, 1.165) is 0 Å². The number of carboxylic acids is 1. The van der Waals surface area contributed by atoms with E-state index in [9.17, 15) is 14.0 Å². The Morgan fingerprint density at radius 1 is 1.32 bits per heavy atom. The Balaban J connectivity index is 2.17. The topological polar surface area (TPSA) is 57.6 Å². The Labute approximate surface area is 110 Å². The van der Waals surface area contributed by atoms with Crippen molar-refractivity contribution in [1.29, 1.82) is 0 Å². The number of carbonyl (C=O) groups excluding carboxylic acids is 1. The fraction of sp³-hybridized carbons (Fsp3) is 0.429. The van der Waals surface area contributed by atoms with Crippen LogP contribution >= 0.6 is 0 Å². The Morgan fingerprint density at radius 2 is 1.95 bits per heavy atom. The molecule has 0 atom stereocenters. The lowest BCUT2D eigenvalue weighted by Gasteiger charge is -2.32. The highest BCUT2D eigenvalue weighted by Crippen LogP contribution is 2.26. The molecule has 19 heavy (non-hydrogen) atoms. The lowest BCUT2D eigenvalue weighted by molar-refractivity contribution is -0.142. The number of carbonyl (C=O) groups is 2. The number of carboxylic acid groups (broad SMARTS) is 1. The van der Waals surface area contributed by atoms with Crippen LogP contribution in [0.4, 0.5) is 10.1 Å². The zero-order valence-electron chi connectivity index (χ0n) is 10.7. The van der Waals surface area contributed by atoms with Crippen molar-refractivity contribution in [3.8, 4) is 0 Å². The van der Waals surface area contributed by atoms with Crippen LogP contribution in [0.3, 0.4) is 0 Å². The van der Waals surface area contributed by atoms with Gasteiger partial charge in [0.25, 0.3) is 0 Å². The van der Waals surface area contributed by atoms with E-state index in [1.165, 1.54) is 19.1 Å². The van der Waals surface area contributed by atoms with Crippen LogP contribution in [0.15, 0.2) is 18.2 Å². The van der Waals surface area contributed by atoms with Gasteiger partial charge in [-0.2, -0.15) is 0 Å². The summed E-state index contributed by atoms with van der Waals surface area (Å²) in [6.45, 7) is 2.43. The predicted octanol–water partition coefficient (Wildman–Crippen LogP) is 2.33. The number of rotatable bonds is 3. The second-order valence-corrected chi connectivity index (χ2v) is 4.82. The fourth-order valence-electron chi connectivity index (χ4n) is 2.34. The van der Waals surface area contributed by atoms with E-state index in [4.69, 9.17) is 5.11 Å². The minimum atomic E-state index is -0.794. The molecule has 5 heteroatoms. The average Bonchev–Trinajstić information content (AvgIpc) is 2.39. The van der Waals surface area contributed by atoms with Gasteiger partial charge in [-0.1, -0.05) is 0 Å². The Morgan fingerprint density at radius 3 is 2.47 bits per heavy atom. The smallest absolute Gasteiger partial charge is 0.306 e. The maximum Gasteiger partial charge on any atom is 0.306 e. The molecule has 0 unspecified atom stereocenters. The van der Waals surface area contributed by atoms with Crippen LogP contribution in [0.25, 0.3) is 0 Å². The number of piperidine rings is 1. The Bertz CT molecular complexity index is 507. The van der Waals surface area contributed by atoms with Gasteiger partial charge in [0, 0.05) is 18.7 Å². The van der Waals surface area contributed by atoms with Crippen molar-refractivity contribution in [1.82, 2.24) is 0 Å². The van der Waals surface area contributed by atoms with E-state index in [1.807, 2.05) is 0 Å². The van der Waals surface area contributed by atoms with Crippen LogP contribution in [0.5, 0.6) is 0 Å². The molecular weight excluding hydrogens is 249 g/mol. The van der Waals surface area contributed by atoms with Gasteiger partial charge in [0.05, 0.1) is 11.6 Å². The molecule has 0 bridgehead atoms. The molecule has 1 aliphatic rings. The van der Waals surface area contributed by atoms with Crippen molar-refractivity contribution in [2.45, 2.75) is 19.8 Å². The van der Waals surface area contributed by atoms with Crippen molar-refractivity contribution in [2.24, 2.45) is 5.92 Å². The standard InChI is InChI=1S/C14H16FNO3/c1-9(17)11-2-3-12(15)13(8-11)16-6-4-10(5-7-16)14(18)19/h2-3,8,10H,4-7H2,1H3,(H,18,19). The normalized spacial score (nSPS) is 16.4. The molecule has 1 heterocycles. The monoisotopic (exact) mass is 265 g/mol. The molecule has 0 spiro atoms. The number of aliphatic carboxylic acids is 1. The third kappa shape index (κ3) is 2.92. The number of anilines is 1. The third-order valence-electron chi connectivity index (χ3n) is 3.54. The van der Waals surface area contributed by atoms with E-state index < -0.39 is 5.97 Å². The number of hydrogen-bond acceptors (Lipinski definition) is 3. The molecule has 1 aliphatic heterocycles. The molecule has 1 aromatic carbocycles. The molecule has 1 N–H and O–H groups in total. The highest BCUT2D eigenvalue weighted by atomic mass is 19.1. The van der Waals surface area contributed by atoms with Crippen molar-refractivity contribution in [3.05, 3.63) is 29.6 Å². The summed E-state index contributed by atoms with van der Waals surface area (Å²) in [6.07, 6.45) is 0.998. The summed E-state index contributed by atoms with van der Waals surface area (Å²) in [4.78, 5) is 24.0. The van der Waals surface area contributed by atoms with E-state index in [1.54, 1.807) is 11.0 Å². The second-order valence-electron chi connectivity index (χ2n) is 4.82. The zero-order valence-corrected chi connectivity index (χ0v) is 10.7. The van der Waals surface area contributed by atoms with Gasteiger partial charge in [0.1, 0.15) is 5.82 Å². The lowest BCUT2D eigenvalue weighted by atomic mass is 9.96. The van der Waals surface area contributed by atoms with Crippen LogP contribution in [-0.2, 0) is 4.79 Å². The SMILES string of the molecule is CC(=O)c1ccc(F)c(N2CCC(C(=O)O)CC2)c1. The zero-order chi connectivity index (χ0) is 14.0. The molecule has 4 nitrogen and oxygen atoms in total. The summed E-state index contributed by atoms with van der Waals surface area (Å²) in [6, 6.07) is 4.29. The largest absolute Gasteiger partial charge is 0.481 e. The summed E-state index contributed by atoms with van der Waals surface area (Å²) in [5, 5.41) is 8.93. The van der Waals surface area contributed by atoms with E-state index >= 15 is 0 Å². The van der Waals surface area contributed by atoms with E-state index in [2.05, 4.69) is 0 Å². The first kappa shape index (κ1) is 13.5. The molecule has 102 valence electrons. The van der Waals surface area contributed by atoms with E-state index in [-0.39, 0.29) is 17.5 Å². The summed E-state index contributed by atoms with van der Waals surface area (Å²) >= 11 is 0. The molecule has 0 saturated carbocycles.